The van der Waals surface area contributed by atoms with Gasteiger partial charge in [0.25, 0.3) is 0 Å². The fourth-order valence-electron chi connectivity index (χ4n) is 2.39. The summed E-state index contributed by atoms with van der Waals surface area (Å²) in [5.74, 6) is -1.52. The zero-order valence-corrected chi connectivity index (χ0v) is 12.8. The number of rotatable bonds is 14. The SMILES string of the molecule is CCCCC(CCCCCCCCCC(=O)O)C(=O)O. The molecular weight excluding hydrogens is 256 g/mol. The maximum absolute atomic E-state index is 11.1. The molecule has 0 aromatic rings. The smallest absolute Gasteiger partial charge is 0.306 e. The first kappa shape index (κ1) is 18.9. The molecule has 0 aliphatic carbocycles. The van der Waals surface area contributed by atoms with Crippen molar-refractivity contribution in [2.45, 2.75) is 84.0 Å². The van der Waals surface area contributed by atoms with Crippen molar-refractivity contribution in [1.29, 1.82) is 0 Å². The van der Waals surface area contributed by atoms with Crippen molar-refractivity contribution in [3.05, 3.63) is 0 Å². The average molecular weight is 286 g/mol. The summed E-state index contributed by atoms with van der Waals surface area (Å²) in [5.41, 5.74) is 0. The summed E-state index contributed by atoms with van der Waals surface area (Å²) >= 11 is 0. The second-order valence-electron chi connectivity index (χ2n) is 5.58. The Labute approximate surface area is 122 Å². The largest absolute Gasteiger partial charge is 0.481 e. The molecule has 4 heteroatoms. The molecule has 0 saturated carbocycles. The van der Waals surface area contributed by atoms with E-state index in [1.807, 2.05) is 0 Å². The van der Waals surface area contributed by atoms with Gasteiger partial charge < -0.3 is 10.2 Å². The lowest BCUT2D eigenvalue weighted by Crippen LogP contribution is -2.13. The van der Waals surface area contributed by atoms with Gasteiger partial charge in [-0.1, -0.05) is 58.3 Å². The normalized spacial score (nSPS) is 12.2. The van der Waals surface area contributed by atoms with Crippen molar-refractivity contribution >= 4 is 11.9 Å². The summed E-state index contributed by atoms with van der Waals surface area (Å²) in [6, 6.07) is 0. The summed E-state index contributed by atoms with van der Waals surface area (Å²) in [6.45, 7) is 2.09. The first-order valence-electron chi connectivity index (χ1n) is 8.02. The lowest BCUT2D eigenvalue weighted by molar-refractivity contribution is -0.142. The highest BCUT2D eigenvalue weighted by atomic mass is 16.4. The molecule has 0 radical (unpaired) electrons. The fourth-order valence-corrected chi connectivity index (χ4v) is 2.39. The van der Waals surface area contributed by atoms with E-state index in [4.69, 9.17) is 10.2 Å². The topological polar surface area (TPSA) is 74.6 Å². The van der Waals surface area contributed by atoms with Crippen molar-refractivity contribution in [3.63, 3.8) is 0 Å². The molecule has 118 valence electrons. The zero-order chi connectivity index (χ0) is 15.2. The third kappa shape index (κ3) is 12.0. The second-order valence-corrected chi connectivity index (χ2v) is 5.58. The third-order valence-corrected chi connectivity index (χ3v) is 3.70. The Morgan fingerprint density at radius 2 is 1.30 bits per heavy atom. The third-order valence-electron chi connectivity index (χ3n) is 3.70. The number of aliphatic carboxylic acids is 2. The molecule has 0 aliphatic rings. The van der Waals surface area contributed by atoms with Crippen LogP contribution in [0.1, 0.15) is 84.0 Å². The first-order chi connectivity index (χ1) is 9.57. The van der Waals surface area contributed by atoms with Gasteiger partial charge in [0.2, 0.25) is 0 Å². The lowest BCUT2D eigenvalue weighted by atomic mass is 9.95. The van der Waals surface area contributed by atoms with E-state index in [1.54, 1.807) is 0 Å². The Balaban J connectivity index is 3.40. The van der Waals surface area contributed by atoms with Crippen LogP contribution in [-0.4, -0.2) is 22.2 Å². The van der Waals surface area contributed by atoms with Crippen LogP contribution in [0.3, 0.4) is 0 Å². The minimum Gasteiger partial charge on any atom is -0.481 e. The van der Waals surface area contributed by atoms with Crippen LogP contribution >= 0.6 is 0 Å². The Kier molecular flexibility index (Phi) is 12.3. The second kappa shape index (κ2) is 12.9. The fraction of sp³-hybridized carbons (Fsp3) is 0.875. The van der Waals surface area contributed by atoms with Gasteiger partial charge in [-0.25, -0.2) is 0 Å². The van der Waals surface area contributed by atoms with Gasteiger partial charge in [0, 0.05) is 6.42 Å². The van der Waals surface area contributed by atoms with E-state index in [9.17, 15) is 9.59 Å². The predicted octanol–water partition coefficient (Wildman–Crippen LogP) is 4.47. The van der Waals surface area contributed by atoms with Crippen LogP contribution in [0.5, 0.6) is 0 Å². The summed E-state index contributed by atoms with van der Waals surface area (Å²) in [4.78, 5) is 21.4. The van der Waals surface area contributed by atoms with E-state index in [0.29, 0.717) is 0 Å². The van der Waals surface area contributed by atoms with Crippen LogP contribution in [0.25, 0.3) is 0 Å². The van der Waals surface area contributed by atoms with Crippen LogP contribution < -0.4 is 0 Å². The molecule has 0 aliphatic heterocycles. The van der Waals surface area contributed by atoms with Gasteiger partial charge in [-0.05, 0) is 19.3 Å². The monoisotopic (exact) mass is 286 g/mol. The molecule has 0 heterocycles. The summed E-state index contributed by atoms with van der Waals surface area (Å²) in [5, 5.41) is 17.6. The quantitative estimate of drug-likeness (QED) is 0.462. The van der Waals surface area contributed by atoms with Crippen LogP contribution in [0.4, 0.5) is 0 Å². The highest BCUT2D eigenvalue weighted by Crippen LogP contribution is 2.18. The van der Waals surface area contributed by atoms with E-state index >= 15 is 0 Å². The molecule has 0 aromatic carbocycles. The van der Waals surface area contributed by atoms with Crippen molar-refractivity contribution in [1.82, 2.24) is 0 Å². The molecule has 0 amide bonds. The van der Waals surface area contributed by atoms with E-state index in [-0.39, 0.29) is 12.3 Å². The van der Waals surface area contributed by atoms with Crippen molar-refractivity contribution < 1.29 is 19.8 Å². The van der Waals surface area contributed by atoms with Gasteiger partial charge in [-0.2, -0.15) is 0 Å². The van der Waals surface area contributed by atoms with Gasteiger partial charge in [-0.3, -0.25) is 9.59 Å². The molecule has 1 atom stereocenters. The van der Waals surface area contributed by atoms with Gasteiger partial charge in [-0.15, -0.1) is 0 Å². The highest BCUT2D eigenvalue weighted by Gasteiger charge is 2.15. The highest BCUT2D eigenvalue weighted by molar-refractivity contribution is 5.69. The van der Waals surface area contributed by atoms with Crippen molar-refractivity contribution in [2.24, 2.45) is 5.92 Å². The molecule has 0 spiro atoms. The molecule has 0 rings (SSSR count). The molecule has 0 saturated heterocycles. The molecular formula is C16H30O4. The number of carbonyl (C=O) groups is 2. The summed E-state index contributed by atoms with van der Waals surface area (Å²) in [6.07, 6.45) is 11.1. The molecule has 4 nitrogen and oxygen atoms in total. The number of hydrogen-bond acceptors (Lipinski definition) is 2. The predicted molar refractivity (Wildman–Crippen MR) is 79.8 cm³/mol. The first-order valence-corrected chi connectivity index (χ1v) is 8.02. The summed E-state index contributed by atoms with van der Waals surface area (Å²) < 4.78 is 0. The molecule has 0 bridgehead atoms. The molecule has 20 heavy (non-hydrogen) atoms. The van der Waals surface area contributed by atoms with Crippen LogP contribution in [0.15, 0.2) is 0 Å². The van der Waals surface area contributed by atoms with Crippen LogP contribution in [-0.2, 0) is 9.59 Å². The van der Waals surface area contributed by atoms with E-state index < -0.39 is 11.9 Å². The molecule has 0 fully saturated rings. The van der Waals surface area contributed by atoms with Crippen LogP contribution in [0, 0.1) is 5.92 Å². The minimum absolute atomic E-state index is 0.162. The molecule has 2 N–H and O–H groups in total. The van der Waals surface area contributed by atoms with E-state index in [2.05, 4.69) is 6.92 Å². The summed E-state index contributed by atoms with van der Waals surface area (Å²) in [7, 11) is 0. The maximum Gasteiger partial charge on any atom is 0.306 e. The van der Waals surface area contributed by atoms with E-state index in [1.165, 1.54) is 0 Å². The standard InChI is InChI=1S/C16H30O4/c1-2-3-11-14(16(19)20)12-9-7-5-4-6-8-10-13-15(17)18/h14H,2-13H2,1H3,(H,17,18)(H,19,20). The lowest BCUT2D eigenvalue weighted by Gasteiger charge is -2.11. The van der Waals surface area contributed by atoms with E-state index in [0.717, 1.165) is 70.6 Å². The van der Waals surface area contributed by atoms with Gasteiger partial charge >= 0.3 is 11.9 Å². The average Bonchev–Trinajstić information content (AvgIpc) is 2.39. The van der Waals surface area contributed by atoms with Gasteiger partial charge in [0.1, 0.15) is 0 Å². The maximum atomic E-state index is 11.1. The Morgan fingerprint density at radius 3 is 1.80 bits per heavy atom. The number of hydrogen-bond donors (Lipinski definition) is 2. The van der Waals surface area contributed by atoms with Gasteiger partial charge in [0.15, 0.2) is 0 Å². The van der Waals surface area contributed by atoms with Crippen LogP contribution in [0.2, 0.25) is 0 Å². The van der Waals surface area contributed by atoms with Gasteiger partial charge in [0.05, 0.1) is 5.92 Å². The Bertz CT molecular complexity index is 263. The minimum atomic E-state index is -0.711. The Morgan fingerprint density at radius 1 is 0.800 bits per heavy atom. The van der Waals surface area contributed by atoms with Crippen molar-refractivity contribution in [3.8, 4) is 0 Å². The number of unbranched alkanes of at least 4 members (excludes halogenated alkanes) is 7. The molecule has 0 aromatic heterocycles. The zero-order valence-electron chi connectivity index (χ0n) is 12.8. The molecule has 1 unspecified atom stereocenters. The van der Waals surface area contributed by atoms with Crippen molar-refractivity contribution in [2.75, 3.05) is 0 Å². The Hall–Kier alpha value is -1.06. The number of carboxylic acid groups (broad SMARTS) is 2. The number of carboxylic acids is 2.